The minimum Gasteiger partial charge on any atom is -0.304 e. The van der Waals surface area contributed by atoms with Crippen LogP contribution in [0.4, 0.5) is 5.82 Å². The Labute approximate surface area is 203 Å². The highest BCUT2D eigenvalue weighted by Crippen LogP contribution is 2.25. The molecule has 0 spiro atoms. The monoisotopic (exact) mass is 520 g/mol. The molecule has 5 rings (SSSR count). The molecule has 33 heavy (non-hydrogen) atoms. The number of amides is 1. The van der Waals surface area contributed by atoms with Crippen molar-refractivity contribution in [1.82, 2.24) is 24.4 Å². The van der Waals surface area contributed by atoms with Gasteiger partial charge in [0.25, 0.3) is 5.91 Å². The maximum absolute atomic E-state index is 13.1. The molecule has 0 aliphatic heterocycles. The zero-order valence-corrected chi connectivity index (χ0v) is 19.9. The van der Waals surface area contributed by atoms with E-state index < -0.39 is 0 Å². The number of aromatic nitrogens is 5. The molecule has 0 unspecified atom stereocenters. The molecular formula is C24H18BrClN6O. The van der Waals surface area contributed by atoms with Crippen molar-refractivity contribution in [3.8, 4) is 11.3 Å². The van der Waals surface area contributed by atoms with Crippen molar-refractivity contribution in [3.05, 3.63) is 99.4 Å². The Balaban J connectivity index is 1.41. The van der Waals surface area contributed by atoms with Gasteiger partial charge in [0, 0.05) is 23.0 Å². The molecule has 0 atom stereocenters. The number of benzene rings is 2. The highest BCUT2D eigenvalue weighted by molar-refractivity contribution is 9.10. The summed E-state index contributed by atoms with van der Waals surface area (Å²) < 4.78 is 4.04. The van der Waals surface area contributed by atoms with E-state index in [1.54, 1.807) is 21.6 Å². The van der Waals surface area contributed by atoms with Crippen molar-refractivity contribution in [1.29, 1.82) is 0 Å². The predicted octanol–water partition coefficient (Wildman–Crippen LogP) is 5.62. The standard InChI is InChI=1S/C24H18BrClN6O/c1-15-6-8-16(9-7-15)21-10-11-27-23-18(12-28-32(21)23)24(33)29-22-19(25)14-31(30-22)13-17-4-2-3-5-20(17)26/h2-12,14H,13H2,1H3,(H,29,30,33). The zero-order chi connectivity index (χ0) is 22.9. The number of carbonyl (C=O) groups excluding carboxylic acids is 1. The molecule has 0 saturated heterocycles. The second-order valence-corrected chi connectivity index (χ2v) is 8.82. The van der Waals surface area contributed by atoms with Gasteiger partial charge in [0.05, 0.1) is 22.9 Å². The molecule has 0 aliphatic carbocycles. The number of carbonyl (C=O) groups is 1. The van der Waals surface area contributed by atoms with E-state index in [9.17, 15) is 4.79 Å². The molecule has 3 aromatic heterocycles. The van der Waals surface area contributed by atoms with E-state index in [1.165, 1.54) is 11.8 Å². The SMILES string of the molecule is Cc1ccc(-c2ccnc3c(C(=O)Nc4nn(Cc5ccccc5Cl)cc4Br)cnn23)cc1. The minimum absolute atomic E-state index is 0.345. The molecule has 3 heterocycles. The van der Waals surface area contributed by atoms with Gasteiger partial charge >= 0.3 is 0 Å². The number of hydrogen-bond donors (Lipinski definition) is 1. The molecule has 1 amide bonds. The van der Waals surface area contributed by atoms with Gasteiger partial charge in [-0.25, -0.2) is 9.50 Å². The number of aryl methyl sites for hydroxylation is 1. The molecular weight excluding hydrogens is 504 g/mol. The van der Waals surface area contributed by atoms with Crippen LogP contribution in [0.2, 0.25) is 5.02 Å². The van der Waals surface area contributed by atoms with Crippen molar-refractivity contribution in [2.45, 2.75) is 13.5 Å². The van der Waals surface area contributed by atoms with E-state index in [2.05, 4.69) is 36.4 Å². The number of nitrogens with zero attached hydrogens (tertiary/aromatic N) is 5. The quantitative estimate of drug-likeness (QED) is 0.326. The Morgan fingerprint density at radius 2 is 1.91 bits per heavy atom. The second kappa shape index (κ2) is 8.80. The largest absolute Gasteiger partial charge is 0.304 e. The number of fused-ring (bicyclic) bond motifs is 1. The normalized spacial score (nSPS) is 11.1. The Morgan fingerprint density at radius 3 is 2.70 bits per heavy atom. The van der Waals surface area contributed by atoms with Crippen molar-refractivity contribution in [2.75, 3.05) is 5.32 Å². The lowest BCUT2D eigenvalue weighted by Crippen LogP contribution is -2.13. The molecule has 2 aromatic carbocycles. The Bertz CT molecular complexity index is 1470. The zero-order valence-electron chi connectivity index (χ0n) is 17.5. The van der Waals surface area contributed by atoms with Crippen LogP contribution in [0.25, 0.3) is 16.9 Å². The van der Waals surface area contributed by atoms with Crippen LogP contribution in [0.5, 0.6) is 0 Å². The highest BCUT2D eigenvalue weighted by Gasteiger charge is 2.19. The summed E-state index contributed by atoms with van der Waals surface area (Å²) in [5.74, 6) is 0.0587. The molecule has 0 radical (unpaired) electrons. The summed E-state index contributed by atoms with van der Waals surface area (Å²) in [4.78, 5) is 17.4. The van der Waals surface area contributed by atoms with Crippen molar-refractivity contribution >= 4 is 44.9 Å². The Kier molecular flexibility index (Phi) is 5.70. The smallest absolute Gasteiger partial charge is 0.262 e. The molecule has 0 aliphatic rings. The molecule has 7 nitrogen and oxygen atoms in total. The van der Waals surface area contributed by atoms with Crippen LogP contribution in [-0.2, 0) is 6.54 Å². The first-order valence-corrected chi connectivity index (χ1v) is 11.3. The summed E-state index contributed by atoms with van der Waals surface area (Å²) >= 11 is 9.73. The maximum atomic E-state index is 13.1. The van der Waals surface area contributed by atoms with Gasteiger partial charge in [-0.05, 0) is 40.5 Å². The predicted molar refractivity (Wildman–Crippen MR) is 132 cm³/mol. The van der Waals surface area contributed by atoms with Gasteiger partial charge in [-0.15, -0.1) is 0 Å². The first kappa shape index (κ1) is 21.4. The van der Waals surface area contributed by atoms with Gasteiger partial charge in [-0.2, -0.15) is 10.2 Å². The molecule has 164 valence electrons. The molecule has 0 saturated carbocycles. The van der Waals surface area contributed by atoms with E-state index >= 15 is 0 Å². The molecule has 5 aromatic rings. The summed E-state index contributed by atoms with van der Waals surface area (Å²) in [6, 6.07) is 17.6. The third-order valence-electron chi connectivity index (χ3n) is 5.23. The maximum Gasteiger partial charge on any atom is 0.262 e. The Hall–Kier alpha value is -3.49. The van der Waals surface area contributed by atoms with Crippen molar-refractivity contribution < 1.29 is 4.79 Å². The number of hydrogen-bond acceptors (Lipinski definition) is 4. The highest BCUT2D eigenvalue weighted by atomic mass is 79.9. The third kappa shape index (κ3) is 4.27. The topological polar surface area (TPSA) is 77.1 Å². The summed E-state index contributed by atoms with van der Waals surface area (Å²) in [6.45, 7) is 2.52. The van der Waals surface area contributed by atoms with E-state index in [-0.39, 0.29) is 5.91 Å². The van der Waals surface area contributed by atoms with Gasteiger partial charge < -0.3 is 5.32 Å². The van der Waals surface area contributed by atoms with Gasteiger partial charge in [0.1, 0.15) is 5.56 Å². The van der Waals surface area contributed by atoms with Crippen molar-refractivity contribution in [3.63, 3.8) is 0 Å². The summed E-state index contributed by atoms with van der Waals surface area (Å²) in [6.07, 6.45) is 4.99. The average Bonchev–Trinajstić information content (AvgIpc) is 3.39. The molecule has 1 N–H and O–H groups in total. The number of halogens is 2. The molecule has 0 bridgehead atoms. The van der Waals surface area contributed by atoms with Crippen molar-refractivity contribution in [2.24, 2.45) is 0 Å². The van der Waals surface area contributed by atoms with Crippen LogP contribution in [0.3, 0.4) is 0 Å². The van der Waals surface area contributed by atoms with Gasteiger partial charge in [0.15, 0.2) is 11.5 Å². The summed E-state index contributed by atoms with van der Waals surface area (Å²) in [5, 5.41) is 12.4. The first-order chi connectivity index (χ1) is 16.0. The van der Waals surface area contributed by atoms with Gasteiger partial charge in [0.2, 0.25) is 0 Å². The Morgan fingerprint density at radius 1 is 1.12 bits per heavy atom. The number of anilines is 1. The fraction of sp³-hybridized carbons (Fsp3) is 0.0833. The van der Waals surface area contributed by atoms with Crippen LogP contribution in [0, 0.1) is 6.92 Å². The lowest BCUT2D eigenvalue weighted by molar-refractivity contribution is 0.102. The fourth-order valence-corrected chi connectivity index (χ4v) is 4.14. The van der Waals surface area contributed by atoms with E-state index in [0.717, 1.165) is 16.8 Å². The number of rotatable bonds is 5. The third-order valence-corrected chi connectivity index (χ3v) is 6.18. The van der Waals surface area contributed by atoms with Crippen LogP contribution in [0.15, 0.2) is 77.7 Å². The molecule has 0 fully saturated rings. The van der Waals surface area contributed by atoms with Crippen LogP contribution >= 0.6 is 27.5 Å². The van der Waals surface area contributed by atoms with Crippen LogP contribution in [-0.4, -0.2) is 30.3 Å². The first-order valence-electron chi connectivity index (χ1n) is 10.2. The lowest BCUT2D eigenvalue weighted by atomic mass is 10.1. The molecule has 9 heteroatoms. The lowest BCUT2D eigenvalue weighted by Gasteiger charge is -2.06. The second-order valence-electron chi connectivity index (χ2n) is 7.56. The van der Waals surface area contributed by atoms with E-state index in [1.807, 2.05) is 61.5 Å². The van der Waals surface area contributed by atoms with E-state index in [4.69, 9.17) is 11.6 Å². The van der Waals surface area contributed by atoms with E-state index in [0.29, 0.717) is 33.1 Å². The number of nitrogens with one attached hydrogen (secondary N) is 1. The minimum atomic E-state index is -0.345. The van der Waals surface area contributed by atoms with Crippen LogP contribution < -0.4 is 5.32 Å². The van der Waals surface area contributed by atoms with Gasteiger partial charge in [-0.3, -0.25) is 9.48 Å². The summed E-state index contributed by atoms with van der Waals surface area (Å²) in [7, 11) is 0. The average molecular weight is 522 g/mol. The van der Waals surface area contributed by atoms with Gasteiger partial charge in [-0.1, -0.05) is 59.6 Å². The fourth-order valence-electron chi connectivity index (χ4n) is 3.53. The van der Waals surface area contributed by atoms with Crippen LogP contribution in [0.1, 0.15) is 21.5 Å². The summed E-state index contributed by atoms with van der Waals surface area (Å²) in [5.41, 5.74) is 4.77.